The van der Waals surface area contributed by atoms with Crippen LogP contribution in [-0.2, 0) is 0 Å². The van der Waals surface area contributed by atoms with Gasteiger partial charge in [-0.3, -0.25) is 0 Å². The highest BCUT2D eigenvalue weighted by Gasteiger charge is 2.14. The van der Waals surface area contributed by atoms with E-state index in [2.05, 4.69) is 10.1 Å². The maximum absolute atomic E-state index is 11.2. The molecule has 0 aliphatic heterocycles. The average Bonchev–Trinajstić information content (AvgIpc) is 2.81. The number of pyridine rings is 1. The van der Waals surface area contributed by atoms with Gasteiger partial charge in [0.25, 0.3) is 0 Å². The van der Waals surface area contributed by atoms with Crippen molar-refractivity contribution in [1.82, 2.24) is 14.6 Å². The first kappa shape index (κ1) is 11.4. The minimum absolute atomic E-state index is 0.204. The van der Waals surface area contributed by atoms with Crippen molar-refractivity contribution >= 4 is 11.6 Å². The van der Waals surface area contributed by atoms with Gasteiger partial charge in [-0.25, -0.2) is 14.3 Å². The number of fused-ring (bicyclic) bond motifs is 1. The zero-order valence-corrected chi connectivity index (χ0v) is 10.2. The summed E-state index contributed by atoms with van der Waals surface area (Å²) in [5, 5.41) is 13.5. The van der Waals surface area contributed by atoms with Gasteiger partial charge in [-0.15, -0.1) is 5.10 Å². The lowest BCUT2D eigenvalue weighted by Gasteiger charge is -2.00. The lowest BCUT2D eigenvalue weighted by molar-refractivity contribution is 0.0697. The maximum atomic E-state index is 11.2. The number of hydrogen-bond donors (Lipinski definition) is 1. The predicted molar refractivity (Wildman–Crippen MR) is 70.1 cm³/mol. The molecule has 5 nitrogen and oxygen atoms in total. The van der Waals surface area contributed by atoms with Gasteiger partial charge in [0.15, 0.2) is 11.5 Å². The number of aryl methyl sites for hydroxylation is 1. The fourth-order valence-corrected chi connectivity index (χ4v) is 1.96. The summed E-state index contributed by atoms with van der Waals surface area (Å²) < 4.78 is 1.66. The molecular formula is C14H11N3O2. The van der Waals surface area contributed by atoms with Crippen LogP contribution in [0.2, 0.25) is 0 Å². The second-order valence-corrected chi connectivity index (χ2v) is 4.30. The number of aromatic carboxylic acids is 1. The van der Waals surface area contributed by atoms with Gasteiger partial charge in [0.1, 0.15) is 0 Å². The first-order chi connectivity index (χ1) is 9.15. The topological polar surface area (TPSA) is 67.5 Å². The van der Waals surface area contributed by atoms with Crippen LogP contribution >= 0.6 is 0 Å². The molecule has 1 aromatic carbocycles. The highest BCUT2D eigenvalue weighted by molar-refractivity contribution is 5.95. The molecule has 0 amide bonds. The quantitative estimate of drug-likeness (QED) is 0.761. The fourth-order valence-electron chi connectivity index (χ4n) is 1.96. The minimum Gasteiger partial charge on any atom is -0.478 e. The van der Waals surface area contributed by atoms with Crippen molar-refractivity contribution in [2.45, 2.75) is 6.92 Å². The molecule has 0 atom stereocenters. The summed E-state index contributed by atoms with van der Waals surface area (Å²) in [5.74, 6) is -0.561. The largest absolute Gasteiger partial charge is 0.478 e. The Morgan fingerprint density at radius 2 is 2.00 bits per heavy atom. The van der Waals surface area contributed by atoms with Crippen molar-refractivity contribution in [3.8, 4) is 11.4 Å². The van der Waals surface area contributed by atoms with Gasteiger partial charge in [0, 0.05) is 11.8 Å². The molecule has 0 radical (unpaired) electrons. The molecule has 1 N–H and O–H groups in total. The van der Waals surface area contributed by atoms with E-state index in [1.54, 1.807) is 28.8 Å². The summed E-state index contributed by atoms with van der Waals surface area (Å²) in [4.78, 5) is 15.6. The number of hydrogen-bond acceptors (Lipinski definition) is 3. The number of rotatable bonds is 2. The van der Waals surface area contributed by atoms with Crippen molar-refractivity contribution in [2.24, 2.45) is 0 Å². The normalized spacial score (nSPS) is 10.8. The molecule has 0 aliphatic rings. The Hall–Kier alpha value is -2.69. The molecule has 0 saturated carbocycles. The van der Waals surface area contributed by atoms with Crippen molar-refractivity contribution in [1.29, 1.82) is 0 Å². The van der Waals surface area contributed by atoms with Crippen LogP contribution in [0.3, 0.4) is 0 Å². The van der Waals surface area contributed by atoms with Gasteiger partial charge in [-0.2, -0.15) is 0 Å². The van der Waals surface area contributed by atoms with Gasteiger partial charge >= 0.3 is 5.97 Å². The number of carbonyl (C=O) groups is 1. The van der Waals surface area contributed by atoms with Crippen LogP contribution in [0, 0.1) is 6.92 Å². The van der Waals surface area contributed by atoms with E-state index < -0.39 is 5.97 Å². The van der Waals surface area contributed by atoms with E-state index in [0.717, 1.165) is 5.56 Å². The SMILES string of the molecule is Cc1ccc2nc(-c3ccccc3C(=O)O)nn2c1. The van der Waals surface area contributed by atoms with Crippen molar-refractivity contribution in [2.75, 3.05) is 0 Å². The summed E-state index contributed by atoms with van der Waals surface area (Å²) in [6.45, 7) is 1.96. The van der Waals surface area contributed by atoms with Crippen molar-refractivity contribution in [3.05, 3.63) is 53.7 Å². The van der Waals surface area contributed by atoms with Gasteiger partial charge in [0.2, 0.25) is 0 Å². The molecule has 0 unspecified atom stereocenters. The number of carboxylic acids is 1. The Morgan fingerprint density at radius 1 is 1.21 bits per heavy atom. The number of carboxylic acid groups (broad SMARTS) is 1. The third-order valence-electron chi connectivity index (χ3n) is 2.88. The molecule has 0 saturated heterocycles. The lowest BCUT2D eigenvalue weighted by Crippen LogP contribution is -1.99. The molecule has 0 aliphatic carbocycles. The number of benzene rings is 1. The second kappa shape index (κ2) is 4.20. The van der Waals surface area contributed by atoms with Crippen LogP contribution in [0.4, 0.5) is 0 Å². The van der Waals surface area contributed by atoms with Crippen LogP contribution in [0.15, 0.2) is 42.6 Å². The van der Waals surface area contributed by atoms with Crippen LogP contribution in [0.1, 0.15) is 15.9 Å². The smallest absolute Gasteiger partial charge is 0.336 e. The highest BCUT2D eigenvalue weighted by Crippen LogP contribution is 2.21. The summed E-state index contributed by atoms with van der Waals surface area (Å²) in [5.41, 5.74) is 2.49. The average molecular weight is 253 g/mol. The fraction of sp³-hybridized carbons (Fsp3) is 0.0714. The van der Waals surface area contributed by atoms with Gasteiger partial charge in [-0.05, 0) is 24.6 Å². The van der Waals surface area contributed by atoms with Crippen LogP contribution < -0.4 is 0 Å². The second-order valence-electron chi connectivity index (χ2n) is 4.30. The van der Waals surface area contributed by atoms with E-state index in [1.807, 2.05) is 25.3 Å². The van der Waals surface area contributed by atoms with E-state index in [1.165, 1.54) is 0 Å². The molecule has 3 aromatic rings. The zero-order chi connectivity index (χ0) is 13.4. The van der Waals surface area contributed by atoms with E-state index in [-0.39, 0.29) is 5.56 Å². The summed E-state index contributed by atoms with van der Waals surface area (Å²) in [6, 6.07) is 10.5. The molecule has 3 rings (SSSR count). The molecular weight excluding hydrogens is 242 g/mol. The molecule has 0 bridgehead atoms. The summed E-state index contributed by atoms with van der Waals surface area (Å²) in [6.07, 6.45) is 1.86. The first-order valence-electron chi connectivity index (χ1n) is 5.81. The number of nitrogens with zero attached hydrogens (tertiary/aromatic N) is 3. The Labute approximate surface area is 109 Å². The zero-order valence-electron chi connectivity index (χ0n) is 10.2. The molecule has 19 heavy (non-hydrogen) atoms. The van der Waals surface area contributed by atoms with E-state index in [0.29, 0.717) is 17.0 Å². The lowest BCUT2D eigenvalue weighted by atomic mass is 10.1. The van der Waals surface area contributed by atoms with E-state index in [4.69, 9.17) is 0 Å². The Bertz CT molecular complexity index is 777. The Kier molecular flexibility index (Phi) is 2.52. The van der Waals surface area contributed by atoms with E-state index >= 15 is 0 Å². The standard InChI is InChI=1S/C14H11N3O2/c1-9-6-7-12-15-13(16-17(12)8-9)10-4-2-3-5-11(10)14(18)19/h2-8H,1H3,(H,18,19). The van der Waals surface area contributed by atoms with Crippen LogP contribution in [0.5, 0.6) is 0 Å². The van der Waals surface area contributed by atoms with Gasteiger partial charge in [0.05, 0.1) is 5.56 Å². The van der Waals surface area contributed by atoms with Crippen molar-refractivity contribution < 1.29 is 9.90 Å². The van der Waals surface area contributed by atoms with Crippen LogP contribution in [-0.4, -0.2) is 25.7 Å². The first-order valence-corrected chi connectivity index (χ1v) is 5.81. The minimum atomic E-state index is -0.981. The Morgan fingerprint density at radius 3 is 2.79 bits per heavy atom. The monoisotopic (exact) mass is 253 g/mol. The maximum Gasteiger partial charge on any atom is 0.336 e. The van der Waals surface area contributed by atoms with E-state index in [9.17, 15) is 9.90 Å². The number of aromatic nitrogens is 3. The molecule has 94 valence electrons. The van der Waals surface area contributed by atoms with Gasteiger partial charge in [-0.1, -0.05) is 24.3 Å². The van der Waals surface area contributed by atoms with Crippen molar-refractivity contribution in [3.63, 3.8) is 0 Å². The Balaban J connectivity index is 2.22. The van der Waals surface area contributed by atoms with Gasteiger partial charge < -0.3 is 5.11 Å². The highest BCUT2D eigenvalue weighted by atomic mass is 16.4. The third kappa shape index (κ3) is 1.95. The molecule has 2 heterocycles. The summed E-state index contributed by atoms with van der Waals surface area (Å²) in [7, 11) is 0. The summed E-state index contributed by atoms with van der Waals surface area (Å²) >= 11 is 0. The molecule has 5 heteroatoms. The third-order valence-corrected chi connectivity index (χ3v) is 2.88. The van der Waals surface area contributed by atoms with Crippen LogP contribution in [0.25, 0.3) is 17.0 Å². The predicted octanol–water partition coefficient (Wildman–Crippen LogP) is 2.40. The molecule has 2 aromatic heterocycles. The molecule has 0 fully saturated rings. The molecule has 0 spiro atoms.